The van der Waals surface area contributed by atoms with Crippen LogP contribution in [0.25, 0.3) is 0 Å². The highest BCUT2D eigenvalue weighted by molar-refractivity contribution is 9.10. The number of hydrogen-bond donors (Lipinski definition) is 1. The van der Waals surface area contributed by atoms with Gasteiger partial charge in [-0.15, -0.1) is 0 Å². The fourth-order valence-electron chi connectivity index (χ4n) is 1.34. The van der Waals surface area contributed by atoms with Gasteiger partial charge in [-0.3, -0.25) is 0 Å². The molecule has 1 heterocycles. The van der Waals surface area contributed by atoms with Gasteiger partial charge in [0.1, 0.15) is 5.76 Å². The van der Waals surface area contributed by atoms with Crippen LogP contribution < -0.4 is 5.32 Å². The summed E-state index contributed by atoms with van der Waals surface area (Å²) in [6.07, 6.45) is 2.78. The third-order valence-corrected chi connectivity index (χ3v) is 2.93. The molecule has 1 N–H and O–H groups in total. The van der Waals surface area contributed by atoms with Gasteiger partial charge < -0.3 is 14.5 Å². The quantitative estimate of drug-likeness (QED) is 0.885. The molecule has 0 saturated heterocycles. The molecule has 0 bridgehead atoms. The summed E-state index contributed by atoms with van der Waals surface area (Å²) in [5.74, 6) is 0.927. The Morgan fingerprint density at radius 3 is 2.79 bits per heavy atom. The highest BCUT2D eigenvalue weighted by Gasteiger charge is 2.18. The van der Waals surface area contributed by atoms with Crippen LogP contribution in [0.3, 0.4) is 0 Å². The Bertz CT molecular complexity index is 275. The molecule has 0 aliphatic carbocycles. The van der Waals surface area contributed by atoms with Gasteiger partial charge in [0.25, 0.3) is 0 Å². The summed E-state index contributed by atoms with van der Waals surface area (Å²) in [4.78, 5) is 0. The van der Waals surface area contributed by atoms with Crippen molar-refractivity contribution in [1.29, 1.82) is 0 Å². The van der Waals surface area contributed by atoms with Gasteiger partial charge in [0.05, 0.1) is 22.9 Å². The van der Waals surface area contributed by atoms with Crippen LogP contribution in [0.15, 0.2) is 21.2 Å². The lowest BCUT2D eigenvalue weighted by Gasteiger charge is -2.18. The van der Waals surface area contributed by atoms with Gasteiger partial charge in [-0.1, -0.05) is 0 Å². The number of halogens is 1. The van der Waals surface area contributed by atoms with Crippen molar-refractivity contribution in [3.8, 4) is 0 Å². The minimum Gasteiger partial charge on any atom is -0.466 e. The van der Waals surface area contributed by atoms with Crippen LogP contribution in [0.2, 0.25) is 0 Å². The molecule has 0 aromatic carbocycles. The summed E-state index contributed by atoms with van der Waals surface area (Å²) in [6.45, 7) is 2.04. The first-order valence-electron chi connectivity index (χ1n) is 4.62. The zero-order valence-corrected chi connectivity index (χ0v) is 10.3. The molecule has 1 rings (SSSR count). The second-order valence-electron chi connectivity index (χ2n) is 3.26. The molecule has 0 saturated carbocycles. The van der Waals surface area contributed by atoms with E-state index in [4.69, 9.17) is 9.15 Å². The van der Waals surface area contributed by atoms with Crippen molar-refractivity contribution in [2.24, 2.45) is 0 Å². The maximum atomic E-state index is 5.40. The Hall–Kier alpha value is -0.320. The number of methoxy groups -OCH3 is 1. The smallest absolute Gasteiger partial charge is 0.134 e. The maximum absolute atomic E-state index is 5.40. The third kappa shape index (κ3) is 2.83. The molecule has 14 heavy (non-hydrogen) atoms. The lowest BCUT2D eigenvalue weighted by atomic mass is 10.1. The van der Waals surface area contributed by atoms with Gasteiger partial charge in [0.15, 0.2) is 0 Å². The maximum Gasteiger partial charge on any atom is 0.134 e. The summed E-state index contributed by atoms with van der Waals surface area (Å²) >= 11 is 3.44. The molecule has 0 amide bonds. The number of hydrogen-bond acceptors (Lipinski definition) is 3. The summed E-state index contributed by atoms with van der Waals surface area (Å²) < 4.78 is 11.6. The Balaban J connectivity index is 2.67. The number of rotatable bonds is 5. The monoisotopic (exact) mass is 261 g/mol. The molecule has 80 valence electrons. The highest BCUT2D eigenvalue weighted by Crippen LogP contribution is 2.27. The van der Waals surface area contributed by atoms with Gasteiger partial charge in [-0.25, -0.2) is 0 Å². The second-order valence-corrected chi connectivity index (χ2v) is 4.11. The molecule has 2 unspecified atom stereocenters. The minimum absolute atomic E-state index is 0.189. The molecule has 0 aliphatic rings. The average Bonchev–Trinajstić information content (AvgIpc) is 2.60. The fraction of sp³-hybridized carbons (Fsp3) is 0.600. The van der Waals surface area contributed by atoms with Crippen molar-refractivity contribution in [2.45, 2.75) is 25.5 Å². The largest absolute Gasteiger partial charge is 0.466 e. The number of ether oxygens (including phenoxy) is 1. The van der Waals surface area contributed by atoms with Crippen LogP contribution in [-0.2, 0) is 4.74 Å². The first-order chi connectivity index (χ1) is 6.69. The minimum atomic E-state index is 0.189. The molecular weight excluding hydrogens is 246 g/mol. The summed E-state index contributed by atoms with van der Waals surface area (Å²) in [5.41, 5.74) is 0. The van der Waals surface area contributed by atoms with Gasteiger partial charge >= 0.3 is 0 Å². The molecule has 0 spiro atoms. The Morgan fingerprint density at radius 2 is 2.36 bits per heavy atom. The SMILES string of the molecule is CNC(CC(C)OC)c1occc1Br. The third-order valence-electron chi connectivity index (χ3n) is 2.28. The molecule has 0 aliphatic heterocycles. The van der Waals surface area contributed by atoms with Gasteiger partial charge in [0.2, 0.25) is 0 Å². The van der Waals surface area contributed by atoms with Crippen LogP contribution in [0.4, 0.5) is 0 Å². The van der Waals surface area contributed by atoms with Crippen molar-refractivity contribution >= 4 is 15.9 Å². The van der Waals surface area contributed by atoms with Crippen LogP contribution in [0, 0.1) is 0 Å². The van der Waals surface area contributed by atoms with Crippen LogP contribution in [0.1, 0.15) is 25.1 Å². The number of furan rings is 1. The standard InChI is InChI=1S/C10H16BrNO2/c1-7(13-3)6-9(12-2)10-8(11)4-5-14-10/h4-5,7,9,12H,6H2,1-3H3. The summed E-state index contributed by atoms with van der Waals surface area (Å²) in [5, 5.41) is 3.21. The fourth-order valence-corrected chi connectivity index (χ4v) is 1.82. The molecule has 0 radical (unpaired) electrons. The zero-order valence-electron chi connectivity index (χ0n) is 8.71. The Morgan fingerprint density at radius 1 is 1.64 bits per heavy atom. The van der Waals surface area contributed by atoms with Crippen LogP contribution >= 0.6 is 15.9 Å². The summed E-state index contributed by atoms with van der Waals surface area (Å²) in [6, 6.07) is 2.09. The van der Waals surface area contributed by atoms with E-state index in [0.29, 0.717) is 0 Å². The van der Waals surface area contributed by atoms with Crippen LogP contribution in [-0.4, -0.2) is 20.3 Å². The zero-order chi connectivity index (χ0) is 10.6. The van der Waals surface area contributed by atoms with Gasteiger partial charge in [-0.05, 0) is 42.4 Å². The first-order valence-corrected chi connectivity index (χ1v) is 5.41. The van der Waals surface area contributed by atoms with E-state index in [0.717, 1.165) is 16.7 Å². The molecule has 2 atom stereocenters. The highest BCUT2D eigenvalue weighted by atomic mass is 79.9. The average molecular weight is 262 g/mol. The van der Waals surface area contributed by atoms with E-state index in [1.54, 1.807) is 13.4 Å². The lowest BCUT2D eigenvalue weighted by Crippen LogP contribution is -2.21. The predicted molar refractivity (Wildman–Crippen MR) is 59.3 cm³/mol. The lowest BCUT2D eigenvalue weighted by molar-refractivity contribution is 0.0985. The second kappa shape index (κ2) is 5.53. The molecule has 1 aromatic rings. The van der Waals surface area contributed by atoms with E-state index >= 15 is 0 Å². The topological polar surface area (TPSA) is 34.4 Å². The number of nitrogens with one attached hydrogen (secondary N) is 1. The molecule has 3 nitrogen and oxygen atoms in total. The van der Waals surface area contributed by atoms with E-state index in [-0.39, 0.29) is 12.1 Å². The van der Waals surface area contributed by atoms with E-state index in [2.05, 4.69) is 21.2 Å². The molecule has 4 heteroatoms. The van der Waals surface area contributed by atoms with E-state index in [9.17, 15) is 0 Å². The first kappa shape index (κ1) is 11.8. The normalized spacial score (nSPS) is 15.4. The van der Waals surface area contributed by atoms with Gasteiger partial charge in [-0.2, -0.15) is 0 Å². The van der Waals surface area contributed by atoms with Crippen LogP contribution in [0.5, 0.6) is 0 Å². The van der Waals surface area contributed by atoms with Crippen molar-refractivity contribution in [1.82, 2.24) is 5.32 Å². The molecule has 0 fully saturated rings. The Kier molecular flexibility index (Phi) is 4.65. The van der Waals surface area contributed by atoms with Gasteiger partial charge in [0, 0.05) is 7.11 Å². The van der Waals surface area contributed by atoms with Crippen molar-refractivity contribution < 1.29 is 9.15 Å². The Labute approximate surface area is 92.9 Å². The molecule has 1 aromatic heterocycles. The van der Waals surface area contributed by atoms with Crippen molar-refractivity contribution in [3.63, 3.8) is 0 Å². The van der Waals surface area contributed by atoms with E-state index < -0.39 is 0 Å². The predicted octanol–water partition coefficient (Wildman–Crippen LogP) is 2.73. The molecular formula is C10H16BrNO2. The van der Waals surface area contributed by atoms with E-state index in [1.165, 1.54) is 0 Å². The van der Waals surface area contributed by atoms with Crippen molar-refractivity contribution in [3.05, 3.63) is 22.6 Å². The van der Waals surface area contributed by atoms with E-state index in [1.807, 2.05) is 20.0 Å². The summed E-state index contributed by atoms with van der Waals surface area (Å²) in [7, 11) is 3.64. The van der Waals surface area contributed by atoms with Crippen molar-refractivity contribution in [2.75, 3.05) is 14.2 Å².